The summed E-state index contributed by atoms with van der Waals surface area (Å²) < 4.78 is 5.33. The summed E-state index contributed by atoms with van der Waals surface area (Å²) in [5, 5.41) is 3.71. The van der Waals surface area contributed by atoms with Crippen molar-refractivity contribution in [3.63, 3.8) is 0 Å². The summed E-state index contributed by atoms with van der Waals surface area (Å²) in [5.41, 5.74) is 7.67. The molecule has 0 aromatic heterocycles. The van der Waals surface area contributed by atoms with E-state index in [2.05, 4.69) is 5.32 Å². The van der Waals surface area contributed by atoms with Crippen LogP contribution >= 0.6 is 11.6 Å². The quantitative estimate of drug-likeness (QED) is 0.889. The first-order valence-corrected chi connectivity index (χ1v) is 8.01. The summed E-state index contributed by atoms with van der Waals surface area (Å²) in [6.07, 6.45) is 2.08. The average Bonchev–Trinajstić information content (AvgIpc) is 3.12. The molecule has 1 aromatic rings. The van der Waals surface area contributed by atoms with E-state index in [9.17, 15) is 4.79 Å². The zero-order valence-corrected chi connectivity index (χ0v) is 14.5. The molecule has 1 amide bonds. The number of aryl methyl sites for hydroxylation is 1. The molecule has 1 aromatic carbocycles. The van der Waals surface area contributed by atoms with Crippen molar-refractivity contribution < 1.29 is 9.53 Å². The molecule has 0 radical (unpaired) electrons. The molecule has 1 fully saturated rings. The molecule has 0 saturated heterocycles. The van der Waals surface area contributed by atoms with Crippen LogP contribution in [0.25, 0.3) is 0 Å². The summed E-state index contributed by atoms with van der Waals surface area (Å²) in [4.78, 5) is 12.0. The van der Waals surface area contributed by atoms with Gasteiger partial charge in [-0.15, -0.1) is 0 Å². The highest BCUT2D eigenvalue weighted by Gasteiger charge is 2.49. The number of rotatable bonds is 4. The predicted molar refractivity (Wildman–Crippen MR) is 89.2 cm³/mol. The Labute approximate surface area is 137 Å². The number of amides is 1. The fourth-order valence-electron chi connectivity index (χ4n) is 2.51. The monoisotopic (exact) mass is 324 g/mol. The molecule has 0 heterocycles. The highest BCUT2D eigenvalue weighted by molar-refractivity contribution is 6.31. The van der Waals surface area contributed by atoms with Gasteiger partial charge in [0.15, 0.2) is 0 Å². The van der Waals surface area contributed by atoms with E-state index in [0.717, 1.165) is 29.0 Å². The largest absolute Gasteiger partial charge is 0.444 e. The van der Waals surface area contributed by atoms with Crippen molar-refractivity contribution in [2.45, 2.75) is 64.1 Å². The molecule has 122 valence electrons. The molecule has 1 aliphatic carbocycles. The van der Waals surface area contributed by atoms with E-state index < -0.39 is 11.7 Å². The third-order valence-electron chi connectivity index (χ3n) is 3.93. The van der Waals surface area contributed by atoms with Crippen molar-refractivity contribution in [2.24, 2.45) is 5.73 Å². The Morgan fingerprint density at radius 1 is 1.45 bits per heavy atom. The third kappa shape index (κ3) is 4.37. The predicted octanol–water partition coefficient (Wildman–Crippen LogP) is 3.58. The molecule has 0 aliphatic heterocycles. The minimum Gasteiger partial charge on any atom is -0.444 e. The van der Waals surface area contributed by atoms with Crippen LogP contribution in [0.3, 0.4) is 0 Å². The van der Waals surface area contributed by atoms with Crippen molar-refractivity contribution in [1.29, 1.82) is 0 Å². The van der Waals surface area contributed by atoms with Gasteiger partial charge in [-0.05, 0) is 64.2 Å². The van der Waals surface area contributed by atoms with Crippen LogP contribution in [0.4, 0.5) is 4.79 Å². The van der Waals surface area contributed by atoms with E-state index in [0.29, 0.717) is 6.42 Å². The molecule has 5 heteroatoms. The van der Waals surface area contributed by atoms with Gasteiger partial charge in [0, 0.05) is 11.1 Å². The summed E-state index contributed by atoms with van der Waals surface area (Å²) in [5.74, 6) is 0. The molecule has 2 rings (SSSR count). The minimum absolute atomic E-state index is 0.138. The van der Waals surface area contributed by atoms with Gasteiger partial charge in [-0.1, -0.05) is 23.7 Å². The van der Waals surface area contributed by atoms with Crippen LogP contribution < -0.4 is 11.1 Å². The lowest BCUT2D eigenvalue weighted by molar-refractivity contribution is 0.0487. The Kier molecular flexibility index (Phi) is 4.73. The second-order valence-electron chi connectivity index (χ2n) is 7.18. The second-order valence-corrected chi connectivity index (χ2v) is 7.58. The molecule has 3 N–H and O–H groups in total. The van der Waals surface area contributed by atoms with E-state index >= 15 is 0 Å². The van der Waals surface area contributed by atoms with Gasteiger partial charge in [0.1, 0.15) is 5.60 Å². The van der Waals surface area contributed by atoms with Crippen molar-refractivity contribution in [1.82, 2.24) is 5.32 Å². The van der Waals surface area contributed by atoms with Gasteiger partial charge in [0.2, 0.25) is 0 Å². The SMILES string of the molecule is Cc1cc(CC(N)C2(NC(=O)OC(C)(C)C)CC2)ccc1Cl. The summed E-state index contributed by atoms with van der Waals surface area (Å²) in [6, 6.07) is 5.78. The van der Waals surface area contributed by atoms with Crippen LogP contribution in [0.1, 0.15) is 44.7 Å². The summed E-state index contributed by atoms with van der Waals surface area (Å²) in [6.45, 7) is 7.52. The van der Waals surface area contributed by atoms with Gasteiger partial charge in [-0.25, -0.2) is 4.79 Å². The lowest BCUT2D eigenvalue weighted by Crippen LogP contribution is -2.52. The Morgan fingerprint density at radius 3 is 2.59 bits per heavy atom. The standard InChI is InChI=1S/C17H25ClN2O2/c1-11-9-12(5-6-13(11)18)10-14(19)17(7-8-17)20-15(21)22-16(2,3)4/h5-6,9,14H,7-8,10,19H2,1-4H3,(H,20,21). The molecule has 4 nitrogen and oxygen atoms in total. The van der Waals surface area contributed by atoms with Gasteiger partial charge in [-0.2, -0.15) is 0 Å². The van der Waals surface area contributed by atoms with Gasteiger partial charge >= 0.3 is 6.09 Å². The van der Waals surface area contributed by atoms with E-state index in [1.807, 2.05) is 45.9 Å². The molecule has 1 atom stereocenters. The lowest BCUT2D eigenvalue weighted by atomic mass is 9.97. The first kappa shape index (κ1) is 17.1. The van der Waals surface area contributed by atoms with Gasteiger partial charge in [0.05, 0.1) is 5.54 Å². The number of nitrogens with one attached hydrogen (secondary N) is 1. The topological polar surface area (TPSA) is 64.3 Å². The Bertz CT molecular complexity index is 562. The second kappa shape index (κ2) is 6.09. The van der Waals surface area contributed by atoms with E-state index in [1.165, 1.54) is 0 Å². The zero-order chi connectivity index (χ0) is 16.5. The van der Waals surface area contributed by atoms with E-state index in [4.69, 9.17) is 22.1 Å². The average molecular weight is 325 g/mol. The number of halogens is 1. The number of hydrogen-bond donors (Lipinski definition) is 2. The maximum absolute atomic E-state index is 12.0. The Balaban J connectivity index is 1.98. The fourth-order valence-corrected chi connectivity index (χ4v) is 2.63. The number of benzene rings is 1. The smallest absolute Gasteiger partial charge is 0.408 e. The van der Waals surface area contributed by atoms with Crippen LogP contribution in [-0.4, -0.2) is 23.3 Å². The van der Waals surface area contributed by atoms with Crippen LogP contribution in [0.15, 0.2) is 18.2 Å². The molecule has 0 bridgehead atoms. The molecule has 0 spiro atoms. The number of ether oxygens (including phenoxy) is 1. The summed E-state index contributed by atoms with van der Waals surface area (Å²) >= 11 is 6.04. The van der Waals surface area contributed by atoms with Gasteiger partial charge in [0.25, 0.3) is 0 Å². The number of nitrogens with two attached hydrogens (primary N) is 1. The number of carbonyl (C=O) groups is 1. The molecular weight excluding hydrogens is 300 g/mol. The van der Waals surface area contributed by atoms with Gasteiger partial charge in [-0.3, -0.25) is 0 Å². The van der Waals surface area contributed by atoms with Crippen molar-refractivity contribution in [2.75, 3.05) is 0 Å². The van der Waals surface area contributed by atoms with Crippen LogP contribution in [0.5, 0.6) is 0 Å². The molecule has 22 heavy (non-hydrogen) atoms. The summed E-state index contributed by atoms with van der Waals surface area (Å²) in [7, 11) is 0. The lowest BCUT2D eigenvalue weighted by Gasteiger charge is -2.27. The normalized spacial score (nSPS) is 17.7. The van der Waals surface area contributed by atoms with Crippen LogP contribution in [-0.2, 0) is 11.2 Å². The first-order valence-electron chi connectivity index (χ1n) is 7.63. The third-order valence-corrected chi connectivity index (χ3v) is 4.35. The first-order chi connectivity index (χ1) is 10.1. The maximum Gasteiger partial charge on any atom is 0.408 e. The molecule has 1 unspecified atom stereocenters. The van der Waals surface area contributed by atoms with Crippen molar-refractivity contribution >= 4 is 17.7 Å². The maximum atomic E-state index is 12.0. The fraction of sp³-hybridized carbons (Fsp3) is 0.588. The molecule has 1 saturated carbocycles. The number of alkyl carbamates (subject to hydrolysis) is 1. The Hall–Kier alpha value is -1.26. The number of carbonyl (C=O) groups excluding carboxylic acids is 1. The van der Waals surface area contributed by atoms with E-state index in [1.54, 1.807) is 0 Å². The minimum atomic E-state index is -0.502. The highest BCUT2D eigenvalue weighted by Crippen LogP contribution is 2.39. The Morgan fingerprint density at radius 2 is 2.09 bits per heavy atom. The van der Waals surface area contributed by atoms with Crippen LogP contribution in [0, 0.1) is 6.92 Å². The molecular formula is C17H25ClN2O2. The number of hydrogen-bond acceptors (Lipinski definition) is 3. The van der Waals surface area contributed by atoms with Crippen LogP contribution in [0.2, 0.25) is 5.02 Å². The molecule has 1 aliphatic rings. The highest BCUT2D eigenvalue weighted by atomic mass is 35.5. The van der Waals surface area contributed by atoms with Gasteiger partial charge < -0.3 is 15.8 Å². The van der Waals surface area contributed by atoms with E-state index in [-0.39, 0.29) is 11.6 Å². The van der Waals surface area contributed by atoms with Crippen molar-refractivity contribution in [3.8, 4) is 0 Å². The zero-order valence-electron chi connectivity index (χ0n) is 13.7. The van der Waals surface area contributed by atoms with Crippen molar-refractivity contribution in [3.05, 3.63) is 34.3 Å².